The Kier molecular flexibility index (Phi) is 5.05. The van der Waals surface area contributed by atoms with Crippen molar-refractivity contribution < 1.29 is 8.78 Å². The molecule has 1 aliphatic rings. The van der Waals surface area contributed by atoms with Crippen LogP contribution in [0, 0.1) is 5.92 Å². The van der Waals surface area contributed by atoms with Crippen molar-refractivity contribution in [2.75, 3.05) is 20.1 Å². The van der Waals surface area contributed by atoms with Crippen LogP contribution in [0.2, 0.25) is 0 Å². The number of alkyl halides is 2. The van der Waals surface area contributed by atoms with Crippen LogP contribution in [0.5, 0.6) is 0 Å². The fourth-order valence-electron chi connectivity index (χ4n) is 1.92. The molecular formula is C12H21F2N3. The van der Waals surface area contributed by atoms with Gasteiger partial charge < -0.3 is 5.73 Å². The third-order valence-electron chi connectivity index (χ3n) is 2.55. The van der Waals surface area contributed by atoms with Gasteiger partial charge in [-0.05, 0) is 25.5 Å². The zero-order chi connectivity index (χ0) is 13.0. The summed E-state index contributed by atoms with van der Waals surface area (Å²) in [5.41, 5.74) is 7.21. The summed E-state index contributed by atoms with van der Waals surface area (Å²) in [6, 6.07) is -0.924. The third-order valence-corrected chi connectivity index (χ3v) is 2.55. The quantitative estimate of drug-likeness (QED) is 0.822. The number of aliphatic imine (C=N–C) groups is 1. The Morgan fingerprint density at radius 3 is 2.76 bits per heavy atom. The van der Waals surface area contributed by atoms with E-state index in [1.54, 1.807) is 6.08 Å². The molecule has 0 aromatic heterocycles. The monoisotopic (exact) mass is 245 g/mol. The summed E-state index contributed by atoms with van der Waals surface area (Å²) >= 11 is 0. The number of nitrogens with zero attached hydrogens (tertiary/aromatic N) is 2. The number of hydrogen-bond acceptors (Lipinski definition) is 3. The predicted molar refractivity (Wildman–Crippen MR) is 66.4 cm³/mol. The lowest BCUT2D eigenvalue weighted by Crippen LogP contribution is -2.41. The molecule has 0 fully saturated rings. The molecular weight excluding hydrogens is 224 g/mol. The van der Waals surface area contributed by atoms with Crippen molar-refractivity contribution in [2.45, 2.75) is 32.7 Å². The molecule has 0 bridgehead atoms. The molecule has 0 saturated heterocycles. The van der Waals surface area contributed by atoms with Crippen molar-refractivity contribution in [1.82, 2.24) is 4.90 Å². The fourth-order valence-corrected chi connectivity index (χ4v) is 1.92. The van der Waals surface area contributed by atoms with Gasteiger partial charge in [0, 0.05) is 18.8 Å². The van der Waals surface area contributed by atoms with Crippen molar-refractivity contribution in [3.8, 4) is 0 Å². The van der Waals surface area contributed by atoms with Crippen molar-refractivity contribution >= 4 is 5.71 Å². The minimum atomic E-state index is -2.41. The van der Waals surface area contributed by atoms with E-state index in [4.69, 9.17) is 5.73 Å². The number of hydrogen-bond donors (Lipinski definition) is 1. The van der Waals surface area contributed by atoms with Crippen LogP contribution in [0.3, 0.4) is 0 Å². The molecule has 1 heterocycles. The van der Waals surface area contributed by atoms with E-state index in [9.17, 15) is 8.78 Å². The lowest BCUT2D eigenvalue weighted by Gasteiger charge is -2.27. The third kappa shape index (κ3) is 4.81. The van der Waals surface area contributed by atoms with Gasteiger partial charge in [0.2, 0.25) is 0 Å². The van der Waals surface area contributed by atoms with Gasteiger partial charge in [-0.2, -0.15) is 0 Å². The van der Waals surface area contributed by atoms with E-state index in [1.807, 2.05) is 11.9 Å². The molecule has 98 valence electrons. The van der Waals surface area contributed by atoms with Crippen molar-refractivity contribution in [3.63, 3.8) is 0 Å². The lowest BCUT2D eigenvalue weighted by atomic mass is 10.1. The standard InChI is InChI=1S/C12H21F2N3/c1-8(2)4-9(15)5-10-6-17(3)7-11(16-10)12(13)14/h5,8,11-12H,4,6-7,15H2,1-3H3/b9-5-. The van der Waals surface area contributed by atoms with E-state index < -0.39 is 12.5 Å². The first kappa shape index (κ1) is 14.1. The maximum absolute atomic E-state index is 12.6. The molecule has 2 N–H and O–H groups in total. The van der Waals surface area contributed by atoms with Gasteiger partial charge in [0.25, 0.3) is 6.43 Å². The van der Waals surface area contributed by atoms with Gasteiger partial charge in [0.05, 0.1) is 5.71 Å². The van der Waals surface area contributed by atoms with Crippen molar-refractivity contribution in [1.29, 1.82) is 0 Å². The smallest absolute Gasteiger partial charge is 0.261 e. The van der Waals surface area contributed by atoms with Crippen molar-refractivity contribution in [2.24, 2.45) is 16.6 Å². The second-order valence-electron chi connectivity index (χ2n) is 5.04. The van der Waals surface area contributed by atoms with Gasteiger partial charge in [-0.15, -0.1) is 0 Å². The largest absolute Gasteiger partial charge is 0.402 e. The van der Waals surface area contributed by atoms with E-state index in [0.29, 0.717) is 30.4 Å². The Morgan fingerprint density at radius 1 is 1.59 bits per heavy atom. The second kappa shape index (κ2) is 6.10. The zero-order valence-electron chi connectivity index (χ0n) is 10.7. The molecule has 1 aliphatic heterocycles. The van der Waals surface area contributed by atoms with E-state index in [2.05, 4.69) is 18.8 Å². The summed E-state index contributed by atoms with van der Waals surface area (Å²) in [7, 11) is 1.82. The SMILES string of the molecule is CC(C)C/C(N)=C/C1=NC(C(F)F)CN(C)C1. The van der Waals surface area contributed by atoms with Crippen LogP contribution in [-0.2, 0) is 0 Å². The highest BCUT2D eigenvalue weighted by Crippen LogP contribution is 2.13. The van der Waals surface area contributed by atoms with Crippen LogP contribution in [-0.4, -0.2) is 43.2 Å². The summed E-state index contributed by atoms with van der Waals surface area (Å²) in [5, 5.41) is 0. The summed E-state index contributed by atoms with van der Waals surface area (Å²) in [6.07, 6.45) is 0.0973. The number of halogens is 2. The van der Waals surface area contributed by atoms with Gasteiger partial charge in [-0.25, -0.2) is 8.78 Å². The highest BCUT2D eigenvalue weighted by atomic mass is 19.3. The van der Waals surface area contributed by atoms with Gasteiger partial charge >= 0.3 is 0 Å². The number of likely N-dealkylation sites (N-methyl/N-ethyl adjacent to an activating group) is 1. The lowest BCUT2D eigenvalue weighted by molar-refractivity contribution is 0.0977. The number of rotatable bonds is 4. The van der Waals surface area contributed by atoms with E-state index in [1.165, 1.54) is 0 Å². The molecule has 0 aromatic carbocycles. The normalized spacial score (nSPS) is 23.4. The van der Waals surface area contributed by atoms with Crippen LogP contribution in [0.25, 0.3) is 0 Å². The Balaban J connectivity index is 2.74. The first-order chi connectivity index (χ1) is 7.88. The number of allylic oxidation sites excluding steroid dienone is 1. The molecule has 1 rings (SSSR count). The Hall–Kier alpha value is -0.970. The Labute approximate surface area is 101 Å². The average Bonchev–Trinajstić information content (AvgIpc) is 2.14. The molecule has 0 aromatic rings. The molecule has 0 amide bonds. The summed E-state index contributed by atoms with van der Waals surface area (Å²) in [6.45, 7) is 5.02. The maximum atomic E-state index is 12.6. The highest BCUT2D eigenvalue weighted by molar-refractivity contribution is 5.97. The maximum Gasteiger partial charge on any atom is 0.261 e. The second-order valence-corrected chi connectivity index (χ2v) is 5.04. The minimum Gasteiger partial charge on any atom is -0.402 e. The molecule has 0 aliphatic carbocycles. The van der Waals surface area contributed by atoms with Crippen molar-refractivity contribution in [3.05, 3.63) is 11.8 Å². The molecule has 1 atom stereocenters. The van der Waals surface area contributed by atoms with Gasteiger partial charge in [-0.3, -0.25) is 9.89 Å². The van der Waals surface area contributed by atoms with Gasteiger partial charge in [-0.1, -0.05) is 13.8 Å². The summed E-state index contributed by atoms with van der Waals surface area (Å²) < 4.78 is 25.3. The summed E-state index contributed by atoms with van der Waals surface area (Å²) in [4.78, 5) is 5.89. The number of nitrogens with two attached hydrogens (primary N) is 1. The first-order valence-corrected chi connectivity index (χ1v) is 5.88. The van der Waals surface area contributed by atoms with Crippen LogP contribution < -0.4 is 5.73 Å². The predicted octanol–water partition coefficient (Wildman–Crippen LogP) is 1.90. The Morgan fingerprint density at radius 2 is 2.24 bits per heavy atom. The molecule has 5 heteroatoms. The average molecular weight is 245 g/mol. The van der Waals surface area contributed by atoms with Gasteiger partial charge in [0.15, 0.2) is 0 Å². The molecule has 0 spiro atoms. The van der Waals surface area contributed by atoms with Crippen LogP contribution in [0.1, 0.15) is 20.3 Å². The molecule has 3 nitrogen and oxygen atoms in total. The van der Waals surface area contributed by atoms with Crippen LogP contribution in [0.15, 0.2) is 16.8 Å². The van der Waals surface area contributed by atoms with Gasteiger partial charge in [0.1, 0.15) is 6.04 Å². The van der Waals surface area contributed by atoms with Crippen LogP contribution >= 0.6 is 0 Å². The highest BCUT2D eigenvalue weighted by Gasteiger charge is 2.25. The molecule has 0 radical (unpaired) electrons. The summed E-state index contributed by atoms with van der Waals surface area (Å²) in [5.74, 6) is 0.457. The fraction of sp³-hybridized carbons (Fsp3) is 0.750. The molecule has 0 saturated carbocycles. The minimum absolute atomic E-state index is 0.305. The Bertz CT molecular complexity index is 311. The van der Waals surface area contributed by atoms with E-state index >= 15 is 0 Å². The topological polar surface area (TPSA) is 41.6 Å². The molecule has 17 heavy (non-hydrogen) atoms. The molecule has 1 unspecified atom stereocenters. The van der Waals surface area contributed by atoms with E-state index in [0.717, 1.165) is 6.42 Å². The zero-order valence-corrected chi connectivity index (χ0v) is 10.7. The first-order valence-electron chi connectivity index (χ1n) is 5.88. The van der Waals surface area contributed by atoms with Crippen LogP contribution in [0.4, 0.5) is 8.78 Å². The van der Waals surface area contributed by atoms with E-state index in [-0.39, 0.29) is 0 Å².